The van der Waals surface area contributed by atoms with Crippen molar-refractivity contribution in [1.29, 1.82) is 0 Å². The van der Waals surface area contributed by atoms with Crippen LogP contribution in [-0.4, -0.2) is 31.1 Å². The molecule has 0 atom stereocenters. The summed E-state index contributed by atoms with van der Waals surface area (Å²) >= 11 is 5.80. The summed E-state index contributed by atoms with van der Waals surface area (Å²) in [4.78, 5) is 2.30. The first-order chi connectivity index (χ1) is 7.67. The van der Waals surface area contributed by atoms with E-state index in [9.17, 15) is 0 Å². The van der Waals surface area contributed by atoms with E-state index in [4.69, 9.17) is 22.1 Å². The molecule has 1 rings (SSSR count). The van der Waals surface area contributed by atoms with Crippen LogP contribution in [0.2, 0.25) is 5.02 Å². The van der Waals surface area contributed by atoms with Crippen LogP contribution in [-0.2, 0) is 0 Å². The quantitative estimate of drug-likeness (QED) is 0.780. The third-order valence-electron chi connectivity index (χ3n) is 2.53. The lowest BCUT2D eigenvalue weighted by atomic mass is 10.3. The van der Waals surface area contributed by atoms with Crippen molar-refractivity contribution in [3.63, 3.8) is 0 Å². The molecule has 4 heteroatoms. The molecule has 16 heavy (non-hydrogen) atoms. The monoisotopic (exact) mass is 242 g/mol. The van der Waals surface area contributed by atoms with Crippen LogP contribution in [0.3, 0.4) is 0 Å². The Morgan fingerprint density at radius 3 is 2.56 bits per heavy atom. The van der Waals surface area contributed by atoms with E-state index < -0.39 is 0 Å². The van der Waals surface area contributed by atoms with Crippen molar-refractivity contribution in [1.82, 2.24) is 4.90 Å². The van der Waals surface area contributed by atoms with E-state index in [1.165, 1.54) is 0 Å². The number of ether oxygens (including phenoxy) is 1. The summed E-state index contributed by atoms with van der Waals surface area (Å²) in [7, 11) is 0. The number of nitrogens with two attached hydrogens (primary N) is 1. The smallest absolute Gasteiger partial charge is 0.142 e. The summed E-state index contributed by atoms with van der Waals surface area (Å²) in [6, 6.07) is 5.29. The normalized spacial score (nSPS) is 10.8. The van der Waals surface area contributed by atoms with Crippen LogP contribution >= 0.6 is 11.6 Å². The average Bonchev–Trinajstić information content (AvgIpc) is 2.27. The van der Waals surface area contributed by atoms with Crippen LogP contribution in [0.4, 0.5) is 5.69 Å². The first kappa shape index (κ1) is 13.1. The standard InChI is InChI=1S/C12H19ClN2O/c1-3-15(4-2)7-8-16-12-6-5-10(13)9-11(12)14/h5-6,9H,3-4,7-8,14H2,1-2H3. The Balaban J connectivity index is 2.42. The molecule has 0 aliphatic rings. The number of halogens is 1. The molecule has 0 bridgehead atoms. The van der Waals surface area contributed by atoms with Crippen LogP contribution in [0.15, 0.2) is 18.2 Å². The number of nitrogens with zero attached hydrogens (tertiary/aromatic N) is 1. The molecule has 0 spiro atoms. The summed E-state index contributed by atoms with van der Waals surface area (Å²) in [5, 5.41) is 0.633. The van der Waals surface area contributed by atoms with Gasteiger partial charge in [0.05, 0.1) is 5.69 Å². The number of rotatable bonds is 6. The molecular weight excluding hydrogens is 224 g/mol. The molecule has 1 aromatic carbocycles. The van der Waals surface area contributed by atoms with Gasteiger partial charge in [0.25, 0.3) is 0 Å². The Bertz CT molecular complexity index is 327. The zero-order chi connectivity index (χ0) is 12.0. The average molecular weight is 243 g/mol. The van der Waals surface area contributed by atoms with Gasteiger partial charge in [-0.05, 0) is 31.3 Å². The highest BCUT2D eigenvalue weighted by Gasteiger charge is 2.02. The van der Waals surface area contributed by atoms with Crippen molar-refractivity contribution < 1.29 is 4.74 Å². The Labute approximate surface area is 102 Å². The molecule has 1 aromatic rings. The highest BCUT2D eigenvalue weighted by molar-refractivity contribution is 6.30. The number of hydrogen-bond acceptors (Lipinski definition) is 3. The van der Waals surface area contributed by atoms with Gasteiger partial charge in [-0.25, -0.2) is 0 Å². The lowest BCUT2D eigenvalue weighted by Crippen LogP contribution is -2.28. The van der Waals surface area contributed by atoms with Gasteiger partial charge in [0.2, 0.25) is 0 Å². The van der Waals surface area contributed by atoms with E-state index in [-0.39, 0.29) is 0 Å². The fraction of sp³-hybridized carbons (Fsp3) is 0.500. The number of benzene rings is 1. The Hall–Kier alpha value is -0.930. The van der Waals surface area contributed by atoms with Gasteiger partial charge < -0.3 is 15.4 Å². The predicted octanol–water partition coefficient (Wildman–Crippen LogP) is 2.64. The lowest BCUT2D eigenvalue weighted by Gasteiger charge is -2.18. The molecule has 0 aliphatic heterocycles. The largest absolute Gasteiger partial charge is 0.490 e. The van der Waals surface area contributed by atoms with Gasteiger partial charge in [-0.1, -0.05) is 25.4 Å². The molecule has 0 aliphatic carbocycles. The SMILES string of the molecule is CCN(CC)CCOc1ccc(Cl)cc1N. The molecule has 0 fully saturated rings. The predicted molar refractivity (Wildman–Crippen MR) is 69.1 cm³/mol. The fourth-order valence-electron chi connectivity index (χ4n) is 1.48. The second-order valence-electron chi connectivity index (χ2n) is 3.56. The van der Waals surface area contributed by atoms with Crippen LogP contribution in [0.25, 0.3) is 0 Å². The molecule has 0 amide bonds. The van der Waals surface area contributed by atoms with Crippen LogP contribution in [0, 0.1) is 0 Å². The molecule has 0 unspecified atom stereocenters. The molecule has 0 radical (unpaired) electrons. The van der Waals surface area contributed by atoms with Crippen molar-refractivity contribution in [3.8, 4) is 5.75 Å². The molecule has 2 N–H and O–H groups in total. The third-order valence-corrected chi connectivity index (χ3v) is 2.77. The van der Waals surface area contributed by atoms with E-state index in [1.807, 2.05) is 0 Å². The van der Waals surface area contributed by atoms with E-state index in [0.717, 1.165) is 19.6 Å². The third kappa shape index (κ3) is 3.91. The maximum Gasteiger partial charge on any atom is 0.142 e. The maximum atomic E-state index is 5.80. The zero-order valence-electron chi connectivity index (χ0n) is 9.87. The van der Waals surface area contributed by atoms with E-state index in [1.54, 1.807) is 18.2 Å². The van der Waals surface area contributed by atoms with Crippen LogP contribution < -0.4 is 10.5 Å². The molecule has 0 saturated carbocycles. The highest BCUT2D eigenvalue weighted by atomic mass is 35.5. The highest BCUT2D eigenvalue weighted by Crippen LogP contribution is 2.24. The first-order valence-corrected chi connectivity index (χ1v) is 5.95. The van der Waals surface area contributed by atoms with Gasteiger partial charge in [-0.2, -0.15) is 0 Å². The Morgan fingerprint density at radius 2 is 2.00 bits per heavy atom. The topological polar surface area (TPSA) is 38.5 Å². The molecule has 0 saturated heterocycles. The zero-order valence-corrected chi connectivity index (χ0v) is 10.6. The van der Waals surface area contributed by atoms with Crippen molar-refractivity contribution >= 4 is 17.3 Å². The summed E-state index contributed by atoms with van der Waals surface area (Å²) < 4.78 is 5.60. The number of hydrogen-bond donors (Lipinski definition) is 1. The van der Waals surface area contributed by atoms with Gasteiger partial charge in [0, 0.05) is 11.6 Å². The molecular formula is C12H19ClN2O. The second kappa shape index (κ2) is 6.61. The summed E-state index contributed by atoms with van der Waals surface area (Å²) in [6.07, 6.45) is 0. The molecule has 0 heterocycles. The molecule has 0 aromatic heterocycles. The molecule has 90 valence electrons. The summed E-state index contributed by atoms with van der Waals surface area (Å²) in [5.74, 6) is 0.705. The molecule has 3 nitrogen and oxygen atoms in total. The van der Waals surface area contributed by atoms with Gasteiger partial charge in [0.1, 0.15) is 12.4 Å². The van der Waals surface area contributed by atoms with Crippen LogP contribution in [0.1, 0.15) is 13.8 Å². The van der Waals surface area contributed by atoms with Gasteiger partial charge in [-0.15, -0.1) is 0 Å². The minimum absolute atomic E-state index is 0.590. The Kier molecular flexibility index (Phi) is 5.43. The van der Waals surface area contributed by atoms with Crippen molar-refractivity contribution in [3.05, 3.63) is 23.2 Å². The van der Waals surface area contributed by atoms with Gasteiger partial charge in [0.15, 0.2) is 0 Å². The number of likely N-dealkylation sites (N-methyl/N-ethyl adjacent to an activating group) is 1. The summed E-state index contributed by atoms with van der Waals surface area (Å²) in [6.45, 7) is 7.91. The van der Waals surface area contributed by atoms with Gasteiger partial charge in [-0.3, -0.25) is 0 Å². The second-order valence-corrected chi connectivity index (χ2v) is 3.99. The minimum Gasteiger partial charge on any atom is -0.490 e. The number of nitrogen functional groups attached to an aromatic ring is 1. The van der Waals surface area contributed by atoms with Crippen molar-refractivity contribution in [2.45, 2.75) is 13.8 Å². The number of anilines is 1. The van der Waals surface area contributed by atoms with E-state index in [0.29, 0.717) is 23.1 Å². The van der Waals surface area contributed by atoms with E-state index in [2.05, 4.69) is 18.7 Å². The van der Waals surface area contributed by atoms with Gasteiger partial charge >= 0.3 is 0 Å². The fourth-order valence-corrected chi connectivity index (χ4v) is 1.66. The Morgan fingerprint density at radius 1 is 1.31 bits per heavy atom. The first-order valence-electron chi connectivity index (χ1n) is 5.57. The van der Waals surface area contributed by atoms with E-state index >= 15 is 0 Å². The maximum absolute atomic E-state index is 5.80. The van der Waals surface area contributed by atoms with Crippen molar-refractivity contribution in [2.75, 3.05) is 32.0 Å². The van der Waals surface area contributed by atoms with Crippen LogP contribution in [0.5, 0.6) is 5.75 Å². The minimum atomic E-state index is 0.590. The van der Waals surface area contributed by atoms with Crippen molar-refractivity contribution in [2.24, 2.45) is 0 Å². The summed E-state index contributed by atoms with van der Waals surface area (Å²) in [5.41, 5.74) is 6.37. The lowest BCUT2D eigenvalue weighted by molar-refractivity contribution is 0.223.